The number of benzene rings is 1. The van der Waals surface area contributed by atoms with Crippen molar-refractivity contribution in [3.63, 3.8) is 0 Å². The number of nitrogens with one attached hydrogen (secondary N) is 2. The zero-order chi connectivity index (χ0) is 13.1. The van der Waals surface area contributed by atoms with Crippen molar-refractivity contribution in [3.8, 4) is 0 Å². The zero-order valence-corrected chi connectivity index (χ0v) is 12.0. The van der Waals surface area contributed by atoms with E-state index < -0.39 is 0 Å². The summed E-state index contributed by atoms with van der Waals surface area (Å²) < 4.78 is 0. The first kappa shape index (κ1) is 13.0. The highest BCUT2D eigenvalue weighted by molar-refractivity contribution is 5.57. The Hall–Kier alpha value is -1.02. The van der Waals surface area contributed by atoms with Crippen LogP contribution in [-0.2, 0) is 0 Å². The Morgan fingerprint density at radius 3 is 2.89 bits per heavy atom. The van der Waals surface area contributed by atoms with Crippen molar-refractivity contribution < 1.29 is 0 Å². The second kappa shape index (κ2) is 5.54. The molecule has 2 nitrogen and oxygen atoms in total. The maximum absolute atomic E-state index is 3.70. The van der Waals surface area contributed by atoms with Gasteiger partial charge in [0.25, 0.3) is 0 Å². The molecular weight excluding hydrogens is 232 g/mol. The highest BCUT2D eigenvalue weighted by Crippen LogP contribution is 2.37. The molecular formula is C17H26N2. The molecule has 1 aromatic rings. The fourth-order valence-corrected chi connectivity index (χ4v) is 3.69. The molecule has 0 amide bonds. The lowest BCUT2D eigenvalue weighted by Gasteiger charge is -2.24. The second-order valence-electron chi connectivity index (χ2n) is 6.65. The van der Waals surface area contributed by atoms with Gasteiger partial charge in [-0.15, -0.1) is 0 Å². The minimum Gasteiger partial charge on any atom is -0.384 e. The van der Waals surface area contributed by atoms with Crippen LogP contribution < -0.4 is 10.6 Å². The lowest BCUT2D eigenvalue weighted by atomic mass is 9.89. The van der Waals surface area contributed by atoms with Crippen molar-refractivity contribution in [2.75, 3.05) is 25.0 Å². The topological polar surface area (TPSA) is 24.1 Å². The number of anilines is 1. The number of rotatable bonds is 5. The first-order chi connectivity index (χ1) is 9.27. The molecule has 1 unspecified atom stereocenters. The SMILES string of the molecule is CC1(CNCCC2CNc3ccccc32)CCCC1. The molecule has 0 saturated heterocycles. The van der Waals surface area contributed by atoms with Crippen LogP contribution in [0.15, 0.2) is 24.3 Å². The minimum absolute atomic E-state index is 0.575. The minimum atomic E-state index is 0.575. The van der Waals surface area contributed by atoms with Crippen molar-refractivity contribution in [1.82, 2.24) is 5.32 Å². The monoisotopic (exact) mass is 258 g/mol. The average Bonchev–Trinajstić information content (AvgIpc) is 3.02. The van der Waals surface area contributed by atoms with Gasteiger partial charge in [-0.1, -0.05) is 38.0 Å². The summed E-state index contributed by atoms with van der Waals surface area (Å²) in [5, 5.41) is 7.21. The second-order valence-corrected chi connectivity index (χ2v) is 6.65. The van der Waals surface area contributed by atoms with Gasteiger partial charge in [0.15, 0.2) is 0 Å². The van der Waals surface area contributed by atoms with Gasteiger partial charge in [-0.2, -0.15) is 0 Å². The quantitative estimate of drug-likeness (QED) is 0.786. The first-order valence-corrected chi connectivity index (χ1v) is 7.80. The molecule has 0 aromatic heterocycles. The Bertz CT molecular complexity index is 421. The lowest BCUT2D eigenvalue weighted by Crippen LogP contribution is -2.30. The van der Waals surface area contributed by atoms with E-state index >= 15 is 0 Å². The van der Waals surface area contributed by atoms with Gasteiger partial charge in [-0.25, -0.2) is 0 Å². The van der Waals surface area contributed by atoms with E-state index in [4.69, 9.17) is 0 Å². The molecule has 104 valence electrons. The van der Waals surface area contributed by atoms with Gasteiger partial charge < -0.3 is 10.6 Å². The Balaban J connectivity index is 1.44. The molecule has 0 radical (unpaired) electrons. The van der Waals surface area contributed by atoms with Gasteiger partial charge in [0, 0.05) is 24.7 Å². The molecule has 2 heteroatoms. The van der Waals surface area contributed by atoms with Crippen LogP contribution in [0, 0.1) is 5.41 Å². The Morgan fingerprint density at radius 1 is 1.26 bits per heavy atom. The van der Waals surface area contributed by atoms with Gasteiger partial charge >= 0.3 is 0 Å². The Kier molecular flexibility index (Phi) is 3.79. The first-order valence-electron chi connectivity index (χ1n) is 7.80. The molecule has 0 spiro atoms. The third-order valence-corrected chi connectivity index (χ3v) is 4.97. The molecule has 2 aliphatic rings. The highest BCUT2D eigenvalue weighted by Gasteiger charge is 2.28. The van der Waals surface area contributed by atoms with Gasteiger partial charge in [0.1, 0.15) is 0 Å². The zero-order valence-electron chi connectivity index (χ0n) is 12.0. The summed E-state index contributed by atoms with van der Waals surface area (Å²) in [4.78, 5) is 0. The summed E-state index contributed by atoms with van der Waals surface area (Å²) in [6, 6.07) is 8.75. The highest BCUT2D eigenvalue weighted by atomic mass is 14.9. The summed E-state index contributed by atoms with van der Waals surface area (Å²) in [7, 11) is 0. The molecule has 0 bridgehead atoms. The number of para-hydroxylation sites is 1. The van der Waals surface area contributed by atoms with Crippen molar-refractivity contribution in [2.24, 2.45) is 5.41 Å². The molecule has 1 aliphatic carbocycles. The smallest absolute Gasteiger partial charge is 0.0376 e. The summed E-state index contributed by atoms with van der Waals surface area (Å²) in [5.74, 6) is 0.695. The van der Waals surface area contributed by atoms with Crippen molar-refractivity contribution in [1.29, 1.82) is 0 Å². The Morgan fingerprint density at radius 2 is 2.05 bits per heavy atom. The van der Waals surface area contributed by atoms with E-state index in [2.05, 4.69) is 41.8 Å². The van der Waals surface area contributed by atoms with Crippen molar-refractivity contribution >= 4 is 5.69 Å². The van der Waals surface area contributed by atoms with E-state index in [1.807, 2.05) is 0 Å². The van der Waals surface area contributed by atoms with Crippen LogP contribution in [0.1, 0.15) is 50.5 Å². The largest absolute Gasteiger partial charge is 0.384 e. The predicted molar refractivity (Wildman–Crippen MR) is 81.7 cm³/mol. The summed E-state index contributed by atoms with van der Waals surface area (Å²) >= 11 is 0. The van der Waals surface area contributed by atoms with Crippen LogP contribution in [0.3, 0.4) is 0 Å². The van der Waals surface area contributed by atoms with Crippen LogP contribution >= 0.6 is 0 Å². The van der Waals surface area contributed by atoms with Crippen LogP contribution in [-0.4, -0.2) is 19.6 Å². The average molecular weight is 258 g/mol. The van der Waals surface area contributed by atoms with E-state index in [1.54, 1.807) is 0 Å². The van der Waals surface area contributed by atoms with Crippen LogP contribution in [0.2, 0.25) is 0 Å². The van der Waals surface area contributed by atoms with Crippen LogP contribution in [0.4, 0.5) is 5.69 Å². The summed E-state index contributed by atoms with van der Waals surface area (Å²) in [5.41, 5.74) is 3.43. The standard InChI is InChI=1S/C17H26N2/c1-17(9-4-5-10-17)13-18-11-8-14-12-19-16-7-3-2-6-15(14)16/h2-3,6-7,14,18-19H,4-5,8-13H2,1H3. The van der Waals surface area contributed by atoms with E-state index in [0.29, 0.717) is 11.3 Å². The maximum Gasteiger partial charge on any atom is 0.0376 e. The van der Waals surface area contributed by atoms with E-state index in [-0.39, 0.29) is 0 Å². The number of fused-ring (bicyclic) bond motifs is 1. The molecule has 3 rings (SSSR count). The number of hydrogen-bond acceptors (Lipinski definition) is 2. The van der Waals surface area contributed by atoms with Crippen molar-refractivity contribution in [3.05, 3.63) is 29.8 Å². The Labute approximate surface area is 117 Å². The molecule has 1 saturated carbocycles. The third kappa shape index (κ3) is 2.94. The van der Waals surface area contributed by atoms with Crippen LogP contribution in [0.25, 0.3) is 0 Å². The molecule has 1 atom stereocenters. The molecule has 19 heavy (non-hydrogen) atoms. The fourth-order valence-electron chi connectivity index (χ4n) is 3.69. The van der Waals surface area contributed by atoms with Gasteiger partial charge in [-0.05, 0) is 42.9 Å². The lowest BCUT2D eigenvalue weighted by molar-refractivity contribution is 0.314. The van der Waals surface area contributed by atoms with Crippen molar-refractivity contribution in [2.45, 2.75) is 44.9 Å². The van der Waals surface area contributed by atoms with E-state index in [9.17, 15) is 0 Å². The van der Waals surface area contributed by atoms with Crippen LogP contribution in [0.5, 0.6) is 0 Å². The molecule has 1 heterocycles. The molecule has 1 fully saturated rings. The van der Waals surface area contributed by atoms with E-state index in [1.165, 1.54) is 49.9 Å². The predicted octanol–water partition coefficient (Wildman–Crippen LogP) is 3.76. The van der Waals surface area contributed by atoms with Gasteiger partial charge in [0.2, 0.25) is 0 Å². The normalized spacial score (nSPS) is 24.2. The van der Waals surface area contributed by atoms with Gasteiger partial charge in [-0.3, -0.25) is 0 Å². The third-order valence-electron chi connectivity index (χ3n) is 4.97. The van der Waals surface area contributed by atoms with Gasteiger partial charge in [0.05, 0.1) is 0 Å². The molecule has 1 aliphatic heterocycles. The number of hydrogen-bond donors (Lipinski definition) is 2. The summed E-state index contributed by atoms with van der Waals surface area (Å²) in [6.45, 7) is 5.91. The fraction of sp³-hybridized carbons (Fsp3) is 0.647. The van der Waals surface area contributed by atoms with E-state index in [0.717, 1.165) is 13.1 Å². The molecule has 2 N–H and O–H groups in total. The maximum atomic E-state index is 3.70. The molecule has 1 aromatic carbocycles. The summed E-state index contributed by atoms with van der Waals surface area (Å²) in [6.07, 6.45) is 6.93.